The lowest BCUT2D eigenvalue weighted by Crippen LogP contribution is -2.22. The molecule has 1 aromatic carbocycles. The number of fused-ring (bicyclic) bond motifs is 1. The van der Waals surface area contributed by atoms with Crippen LogP contribution in [-0.2, 0) is 17.7 Å². The number of aromatic nitrogens is 1. The van der Waals surface area contributed by atoms with Gasteiger partial charge in [-0.25, -0.2) is 0 Å². The standard InChI is InChI=1S/C17H24N2O/c1-17(2)9-7-14(20-17)12-19-11-13(8-10-18)15-5-3-4-6-16(15)19/h3-6,11,14H,7-10,12,18H2,1-2H3. The summed E-state index contributed by atoms with van der Waals surface area (Å²) in [5, 5.41) is 1.33. The molecule has 0 bridgehead atoms. The SMILES string of the molecule is CC1(C)CCC(Cn2cc(CCN)c3ccccc32)O1. The highest BCUT2D eigenvalue weighted by Gasteiger charge is 2.31. The van der Waals surface area contributed by atoms with Crippen molar-refractivity contribution < 1.29 is 4.74 Å². The van der Waals surface area contributed by atoms with Gasteiger partial charge in [0.1, 0.15) is 0 Å². The number of rotatable bonds is 4. The molecule has 0 saturated carbocycles. The van der Waals surface area contributed by atoms with Crippen molar-refractivity contribution >= 4 is 10.9 Å². The van der Waals surface area contributed by atoms with Crippen molar-refractivity contribution in [3.05, 3.63) is 36.0 Å². The average molecular weight is 272 g/mol. The Morgan fingerprint density at radius 3 is 2.85 bits per heavy atom. The van der Waals surface area contributed by atoms with Crippen LogP contribution in [0, 0.1) is 0 Å². The fourth-order valence-electron chi connectivity index (χ4n) is 3.25. The quantitative estimate of drug-likeness (QED) is 0.929. The second kappa shape index (κ2) is 5.23. The average Bonchev–Trinajstić information content (AvgIpc) is 2.93. The number of nitrogens with zero attached hydrogens (tertiary/aromatic N) is 1. The van der Waals surface area contributed by atoms with E-state index in [4.69, 9.17) is 10.5 Å². The van der Waals surface area contributed by atoms with E-state index in [9.17, 15) is 0 Å². The molecule has 3 heteroatoms. The number of benzene rings is 1. The van der Waals surface area contributed by atoms with Gasteiger partial charge in [0.05, 0.1) is 11.7 Å². The van der Waals surface area contributed by atoms with Crippen molar-refractivity contribution in [1.82, 2.24) is 4.57 Å². The van der Waals surface area contributed by atoms with Gasteiger partial charge in [-0.3, -0.25) is 0 Å². The Bertz CT molecular complexity index is 600. The first-order chi connectivity index (χ1) is 9.59. The van der Waals surface area contributed by atoms with Gasteiger partial charge < -0.3 is 15.0 Å². The van der Waals surface area contributed by atoms with E-state index in [1.807, 2.05) is 0 Å². The third-order valence-corrected chi connectivity index (χ3v) is 4.24. The van der Waals surface area contributed by atoms with Gasteiger partial charge in [-0.15, -0.1) is 0 Å². The Kier molecular flexibility index (Phi) is 3.57. The van der Waals surface area contributed by atoms with Crippen LogP contribution in [0.4, 0.5) is 0 Å². The van der Waals surface area contributed by atoms with Gasteiger partial charge in [-0.1, -0.05) is 18.2 Å². The predicted octanol–water partition coefficient (Wildman–Crippen LogP) is 3.10. The van der Waals surface area contributed by atoms with Crippen LogP contribution in [0.1, 0.15) is 32.3 Å². The summed E-state index contributed by atoms with van der Waals surface area (Å²) in [6, 6.07) is 8.58. The molecule has 0 aliphatic carbocycles. The zero-order valence-electron chi connectivity index (χ0n) is 12.4. The van der Waals surface area contributed by atoms with E-state index in [0.29, 0.717) is 12.6 Å². The van der Waals surface area contributed by atoms with Crippen molar-refractivity contribution in [2.45, 2.75) is 51.4 Å². The lowest BCUT2D eigenvalue weighted by atomic mass is 10.1. The first-order valence-corrected chi connectivity index (χ1v) is 7.54. The lowest BCUT2D eigenvalue weighted by Gasteiger charge is -2.19. The summed E-state index contributed by atoms with van der Waals surface area (Å²) >= 11 is 0. The summed E-state index contributed by atoms with van der Waals surface area (Å²) < 4.78 is 8.46. The van der Waals surface area contributed by atoms with Crippen molar-refractivity contribution in [3.8, 4) is 0 Å². The summed E-state index contributed by atoms with van der Waals surface area (Å²) in [6.07, 6.45) is 5.81. The maximum Gasteiger partial charge on any atom is 0.0762 e. The van der Waals surface area contributed by atoms with Crippen LogP contribution in [0.2, 0.25) is 0 Å². The van der Waals surface area contributed by atoms with Crippen LogP contribution in [0.5, 0.6) is 0 Å². The second-order valence-corrected chi connectivity index (χ2v) is 6.40. The van der Waals surface area contributed by atoms with E-state index in [2.05, 4.69) is 48.9 Å². The Morgan fingerprint density at radius 2 is 2.15 bits per heavy atom. The highest BCUT2D eigenvalue weighted by atomic mass is 16.5. The highest BCUT2D eigenvalue weighted by Crippen LogP contribution is 2.31. The van der Waals surface area contributed by atoms with Gasteiger partial charge in [0.2, 0.25) is 0 Å². The Balaban J connectivity index is 1.88. The third-order valence-electron chi connectivity index (χ3n) is 4.24. The molecule has 3 rings (SSSR count). The Hall–Kier alpha value is -1.32. The normalized spacial score (nSPS) is 21.6. The fourth-order valence-corrected chi connectivity index (χ4v) is 3.25. The first-order valence-electron chi connectivity index (χ1n) is 7.54. The molecule has 0 spiro atoms. The molecule has 1 fully saturated rings. The van der Waals surface area contributed by atoms with Gasteiger partial charge >= 0.3 is 0 Å². The molecule has 0 radical (unpaired) electrons. The number of hydrogen-bond donors (Lipinski definition) is 1. The summed E-state index contributed by atoms with van der Waals surface area (Å²) in [5.41, 5.74) is 8.40. The Labute approximate surface area is 120 Å². The number of nitrogens with two attached hydrogens (primary N) is 1. The molecule has 2 aromatic rings. The number of hydrogen-bond acceptors (Lipinski definition) is 2. The van der Waals surface area contributed by atoms with E-state index in [1.54, 1.807) is 0 Å². The molecule has 1 unspecified atom stereocenters. The monoisotopic (exact) mass is 272 g/mol. The molecule has 108 valence electrons. The van der Waals surface area contributed by atoms with E-state index in [0.717, 1.165) is 25.8 Å². The van der Waals surface area contributed by atoms with E-state index in [1.165, 1.54) is 16.5 Å². The van der Waals surface area contributed by atoms with Crippen molar-refractivity contribution in [3.63, 3.8) is 0 Å². The minimum Gasteiger partial charge on any atom is -0.370 e. The number of ether oxygens (including phenoxy) is 1. The van der Waals surface area contributed by atoms with Crippen LogP contribution < -0.4 is 5.73 Å². The second-order valence-electron chi connectivity index (χ2n) is 6.40. The molecule has 1 aromatic heterocycles. The van der Waals surface area contributed by atoms with Crippen molar-refractivity contribution in [2.24, 2.45) is 5.73 Å². The summed E-state index contributed by atoms with van der Waals surface area (Å²) in [4.78, 5) is 0. The van der Waals surface area contributed by atoms with E-state index >= 15 is 0 Å². The molecule has 1 aliphatic rings. The minimum absolute atomic E-state index is 0.0354. The van der Waals surface area contributed by atoms with Crippen LogP contribution in [0.15, 0.2) is 30.5 Å². The first kappa shape index (κ1) is 13.7. The van der Waals surface area contributed by atoms with Crippen LogP contribution >= 0.6 is 0 Å². The highest BCUT2D eigenvalue weighted by molar-refractivity contribution is 5.84. The third kappa shape index (κ3) is 2.60. The van der Waals surface area contributed by atoms with Crippen molar-refractivity contribution in [1.29, 1.82) is 0 Å². The zero-order chi connectivity index (χ0) is 14.2. The van der Waals surface area contributed by atoms with Crippen LogP contribution in [0.3, 0.4) is 0 Å². The van der Waals surface area contributed by atoms with Gasteiger partial charge in [0.25, 0.3) is 0 Å². The van der Waals surface area contributed by atoms with Gasteiger partial charge in [0, 0.05) is 23.6 Å². The van der Waals surface area contributed by atoms with Crippen LogP contribution in [0.25, 0.3) is 10.9 Å². The molecule has 1 aliphatic heterocycles. The molecular weight excluding hydrogens is 248 g/mol. The van der Waals surface area contributed by atoms with E-state index in [-0.39, 0.29) is 5.60 Å². The van der Waals surface area contributed by atoms with Gasteiger partial charge in [-0.2, -0.15) is 0 Å². The van der Waals surface area contributed by atoms with E-state index < -0.39 is 0 Å². The Morgan fingerprint density at radius 1 is 1.35 bits per heavy atom. The van der Waals surface area contributed by atoms with Gasteiger partial charge in [0.15, 0.2) is 0 Å². The zero-order valence-corrected chi connectivity index (χ0v) is 12.4. The molecule has 2 heterocycles. The topological polar surface area (TPSA) is 40.2 Å². The molecule has 2 N–H and O–H groups in total. The van der Waals surface area contributed by atoms with Crippen LogP contribution in [-0.4, -0.2) is 22.8 Å². The molecule has 20 heavy (non-hydrogen) atoms. The van der Waals surface area contributed by atoms with Crippen molar-refractivity contribution in [2.75, 3.05) is 6.54 Å². The maximum absolute atomic E-state index is 6.13. The summed E-state index contributed by atoms with van der Waals surface area (Å²) in [5.74, 6) is 0. The lowest BCUT2D eigenvalue weighted by molar-refractivity contribution is -0.0212. The molecule has 1 saturated heterocycles. The number of para-hydroxylation sites is 1. The molecule has 0 amide bonds. The largest absolute Gasteiger partial charge is 0.370 e. The summed E-state index contributed by atoms with van der Waals surface area (Å²) in [6.45, 7) is 6.00. The minimum atomic E-state index is 0.0354. The fraction of sp³-hybridized carbons (Fsp3) is 0.529. The molecular formula is C17H24N2O. The van der Waals surface area contributed by atoms with Gasteiger partial charge in [-0.05, 0) is 51.3 Å². The molecule has 3 nitrogen and oxygen atoms in total. The summed E-state index contributed by atoms with van der Waals surface area (Å²) in [7, 11) is 0. The molecule has 1 atom stereocenters. The smallest absolute Gasteiger partial charge is 0.0762 e. The maximum atomic E-state index is 6.13. The predicted molar refractivity (Wildman–Crippen MR) is 82.9 cm³/mol.